The number of unbranched alkanes of at least 4 members (excludes halogenated alkanes) is 5. The minimum absolute atomic E-state index is 0.237. The Morgan fingerprint density at radius 3 is 2.45 bits per heavy atom. The smallest absolute Gasteiger partial charge is 0.339 e. The van der Waals surface area contributed by atoms with Crippen molar-refractivity contribution in [2.24, 2.45) is 0 Å². The van der Waals surface area contributed by atoms with E-state index in [1.54, 1.807) is 6.08 Å². The molecule has 0 aliphatic carbocycles. The van der Waals surface area contributed by atoms with Gasteiger partial charge in [0.25, 0.3) is 5.91 Å². The lowest BCUT2D eigenvalue weighted by Gasteiger charge is -2.15. The van der Waals surface area contributed by atoms with E-state index in [1.807, 2.05) is 24.3 Å². The van der Waals surface area contributed by atoms with E-state index in [2.05, 4.69) is 6.92 Å². The normalized spacial score (nSPS) is 14.8. The van der Waals surface area contributed by atoms with Crippen LogP contribution in [-0.4, -0.2) is 33.0 Å². The first-order chi connectivity index (χ1) is 15.9. The summed E-state index contributed by atoms with van der Waals surface area (Å²) in [4.78, 5) is 25.7. The van der Waals surface area contributed by atoms with Crippen molar-refractivity contribution in [2.45, 2.75) is 45.4 Å². The third-order valence-electron chi connectivity index (χ3n) is 5.21. The fourth-order valence-electron chi connectivity index (χ4n) is 3.41. The minimum atomic E-state index is -1.25. The number of phenols is 1. The second kappa shape index (κ2) is 11.9. The van der Waals surface area contributed by atoms with Crippen LogP contribution in [0.1, 0.15) is 61.4 Å². The van der Waals surface area contributed by atoms with Gasteiger partial charge >= 0.3 is 5.97 Å². The van der Waals surface area contributed by atoms with E-state index >= 15 is 0 Å². The Bertz CT molecular complexity index is 1050. The fourth-order valence-corrected chi connectivity index (χ4v) is 4.71. The highest BCUT2D eigenvalue weighted by Crippen LogP contribution is 2.37. The SMILES string of the molecule is CCCCCCCCOc1ccc(/C=C2/SC(=S)N(c3ccc(C(=O)O)c(O)c3)C2=O)cc1. The number of carboxylic acids is 1. The molecule has 0 aromatic heterocycles. The molecular formula is C25H27NO5S2. The zero-order valence-corrected chi connectivity index (χ0v) is 20.1. The molecule has 2 aromatic carbocycles. The summed E-state index contributed by atoms with van der Waals surface area (Å²) in [5.41, 5.74) is 0.923. The summed E-state index contributed by atoms with van der Waals surface area (Å²) in [5.74, 6) is -1.20. The van der Waals surface area contributed by atoms with Crippen LogP contribution < -0.4 is 9.64 Å². The van der Waals surface area contributed by atoms with E-state index in [0.717, 1.165) is 29.5 Å². The quantitative estimate of drug-likeness (QED) is 0.221. The van der Waals surface area contributed by atoms with Crippen molar-refractivity contribution < 1.29 is 24.5 Å². The van der Waals surface area contributed by atoms with Gasteiger partial charge in [-0.05, 0) is 42.3 Å². The number of rotatable bonds is 11. The molecule has 1 aliphatic heterocycles. The van der Waals surface area contributed by atoms with Crippen molar-refractivity contribution in [3.8, 4) is 11.5 Å². The average Bonchev–Trinajstić information content (AvgIpc) is 3.06. The molecule has 2 N–H and O–H groups in total. The summed E-state index contributed by atoms with van der Waals surface area (Å²) in [5, 5.41) is 19.0. The Balaban J connectivity index is 1.60. The number of anilines is 1. The Morgan fingerprint density at radius 2 is 1.79 bits per heavy atom. The summed E-state index contributed by atoms with van der Waals surface area (Å²) in [7, 11) is 0. The number of amides is 1. The number of carboxylic acid groups (broad SMARTS) is 1. The first-order valence-electron chi connectivity index (χ1n) is 11.0. The molecule has 6 nitrogen and oxygen atoms in total. The highest BCUT2D eigenvalue weighted by atomic mass is 32.2. The summed E-state index contributed by atoms with van der Waals surface area (Å²) >= 11 is 6.50. The second-order valence-electron chi connectivity index (χ2n) is 7.71. The number of benzene rings is 2. The van der Waals surface area contributed by atoms with Gasteiger partial charge in [0.1, 0.15) is 17.1 Å². The minimum Gasteiger partial charge on any atom is -0.507 e. The van der Waals surface area contributed by atoms with Gasteiger partial charge in [0.2, 0.25) is 0 Å². The number of nitrogens with zero attached hydrogens (tertiary/aromatic N) is 1. The van der Waals surface area contributed by atoms with Crippen LogP contribution in [0, 0.1) is 0 Å². The molecule has 1 aliphatic rings. The fraction of sp³-hybridized carbons (Fsp3) is 0.320. The first kappa shape index (κ1) is 24.8. The summed E-state index contributed by atoms with van der Waals surface area (Å²) in [6.45, 7) is 2.90. The Labute approximate surface area is 203 Å². The van der Waals surface area contributed by atoms with Gasteiger partial charge in [0.05, 0.1) is 17.2 Å². The molecule has 0 atom stereocenters. The molecule has 3 rings (SSSR count). The molecule has 0 bridgehead atoms. The number of aromatic carboxylic acids is 1. The van der Waals surface area contributed by atoms with Gasteiger partial charge in [-0.25, -0.2) is 4.79 Å². The number of thiocarbonyl (C=S) groups is 1. The van der Waals surface area contributed by atoms with Gasteiger partial charge in [-0.3, -0.25) is 9.69 Å². The molecule has 0 unspecified atom stereocenters. The van der Waals surface area contributed by atoms with Crippen molar-refractivity contribution in [3.05, 3.63) is 58.5 Å². The average molecular weight is 486 g/mol. The van der Waals surface area contributed by atoms with Crippen LogP contribution in [0.4, 0.5) is 5.69 Å². The van der Waals surface area contributed by atoms with Crippen molar-refractivity contribution in [1.82, 2.24) is 0 Å². The maximum Gasteiger partial charge on any atom is 0.339 e. The highest BCUT2D eigenvalue weighted by Gasteiger charge is 2.33. The number of carbonyl (C=O) groups excluding carboxylic acids is 1. The predicted molar refractivity (Wildman–Crippen MR) is 136 cm³/mol. The van der Waals surface area contributed by atoms with Crippen LogP contribution in [0.15, 0.2) is 47.4 Å². The molecule has 0 radical (unpaired) electrons. The lowest BCUT2D eigenvalue weighted by Crippen LogP contribution is -2.27. The Morgan fingerprint density at radius 1 is 1.09 bits per heavy atom. The number of carbonyl (C=O) groups is 2. The largest absolute Gasteiger partial charge is 0.507 e. The summed E-state index contributed by atoms with van der Waals surface area (Å²) in [6, 6.07) is 11.5. The van der Waals surface area contributed by atoms with E-state index in [0.29, 0.717) is 21.5 Å². The number of aromatic hydroxyl groups is 1. The topological polar surface area (TPSA) is 87.1 Å². The lowest BCUT2D eigenvalue weighted by molar-refractivity contribution is -0.113. The van der Waals surface area contributed by atoms with Crippen LogP contribution in [0.3, 0.4) is 0 Å². The van der Waals surface area contributed by atoms with Crippen molar-refractivity contribution >= 4 is 51.9 Å². The maximum absolute atomic E-state index is 12.9. The van der Waals surface area contributed by atoms with E-state index < -0.39 is 11.7 Å². The van der Waals surface area contributed by atoms with Crippen LogP contribution in [-0.2, 0) is 4.79 Å². The third kappa shape index (κ3) is 6.58. The molecule has 1 saturated heterocycles. The molecule has 2 aromatic rings. The second-order valence-corrected chi connectivity index (χ2v) is 9.38. The molecular weight excluding hydrogens is 458 g/mol. The zero-order valence-electron chi connectivity index (χ0n) is 18.5. The van der Waals surface area contributed by atoms with Crippen molar-refractivity contribution in [2.75, 3.05) is 11.5 Å². The van der Waals surface area contributed by atoms with E-state index in [-0.39, 0.29) is 11.5 Å². The van der Waals surface area contributed by atoms with Crippen LogP contribution in [0.25, 0.3) is 6.08 Å². The molecule has 0 spiro atoms. The number of thioether (sulfide) groups is 1. The summed E-state index contributed by atoms with van der Waals surface area (Å²) in [6.07, 6.45) is 9.04. The number of hydrogen-bond donors (Lipinski definition) is 2. The maximum atomic E-state index is 12.9. The van der Waals surface area contributed by atoms with E-state index in [1.165, 1.54) is 55.2 Å². The zero-order chi connectivity index (χ0) is 23.8. The van der Waals surface area contributed by atoms with Gasteiger partial charge in [-0.15, -0.1) is 0 Å². The molecule has 1 fully saturated rings. The highest BCUT2D eigenvalue weighted by molar-refractivity contribution is 8.27. The number of hydrogen-bond acceptors (Lipinski definition) is 6. The van der Waals surface area contributed by atoms with Gasteiger partial charge in [-0.1, -0.05) is 75.1 Å². The van der Waals surface area contributed by atoms with E-state index in [9.17, 15) is 14.7 Å². The van der Waals surface area contributed by atoms with Crippen LogP contribution in [0.2, 0.25) is 0 Å². The monoisotopic (exact) mass is 485 g/mol. The summed E-state index contributed by atoms with van der Waals surface area (Å²) < 4.78 is 6.11. The molecule has 0 saturated carbocycles. The van der Waals surface area contributed by atoms with Gasteiger partial charge < -0.3 is 14.9 Å². The molecule has 1 heterocycles. The molecule has 1 amide bonds. The molecule has 33 heavy (non-hydrogen) atoms. The Kier molecular flexibility index (Phi) is 8.91. The lowest BCUT2D eigenvalue weighted by atomic mass is 10.1. The van der Waals surface area contributed by atoms with Gasteiger partial charge in [0.15, 0.2) is 4.32 Å². The van der Waals surface area contributed by atoms with Gasteiger partial charge in [-0.2, -0.15) is 0 Å². The molecule has 8 heteroatoms. The first-order valence-corrected chi connectivity index (χ1v) is 12.2. The van der Waals surface area contributed by atoms with E-state index in [4.69, 9.17) is 22.1 Å². The standard InChI is InChI=1S/C25H27NO5S2/c1-2-3-4-5-6-7-14-31-19-11-8-17(9-12-19)15-22-23(28)26(25(32)33-22)18-10-13-20(24(29)30)21(27)16-18/h8-13,15-16,27H,2-7,14H2,1H3,(H,29,30)/b22-15+. The van der Waals surface area contributed by atoms with Crippen LogP contribution >= 0.6 is 24.0 Å². The molecule has 174 valence electrons. The van der Waals surface area contributed by atoms with Gasteiger partial charge in [0, 0.05) is 6.07 Å². The van der Waals surface area contributed by atoms with Crippen molar-refractivity contribution in [1.29, 1.82) is 0 Å². The van der Waals surface area contributed by atoms with Crippen LogP contribution in [0.5, 0.6) is 11.5 Å². The Hall–Kier alpha value is -2.84. The number of ether oxygens (including phenoxy) is 1. The third-order valence-corrected chi connectivity index (χ3v) is 6.51. The van der Waals surface area contributed by atoms with Crippen molar-refractivity contribution in [3.63, 3.8) is 0 Å². The predicted octanol–water partition coefficient (Wildman–Crippen LogP) is 6.24.